The topological polar surface area (TPSA) is 12.4 Å². The molecule has 0 aliphatic rings. The summed E-state index contributed by atoms with van der Waals surface area (Å²) in [6.45, 7) is 4.11. The lowest BCUT2D eigenvalue weighted by Gasteiger charge is -2.02. The van der Waals surface area contributed by atoms with E-state index in [4.69, 9.17) is 0 Å². The molecule has 0 spiro atoms. The van der Waals surface area contributed by atoms with Crippen LogP contribution in [0.1, 0.15) is 29.2 Å². The molecule has 0 heterocycles. The lowest BCUT2D eigenvalue weighted by molar-refractivity contribution is 0.587. The largest absolute Gasteiger partial charge is 0.204 e. The fraction of sp³-hybridized carbons (Fsp3) is 0.167. The number of aryl methyl sites for hydroxylation is 2. The first-order chi connectivity index (χ1) is 10.5. The predicted octanol–water partition coefficient (Wildman–Crippen LogP) is 4.97. The molecule has 0 radical (unpaired) electrons. The van der Waals surface area contributed by atoms with Crippen LogP contribution in [-0.2, 0) is 6.42 Å². The van der Waals surface area contributed by atoms with Crippen LogP contribution in [0, 0.1) is 30.4 Å². The number of thiocarbonyl (C=S) groups is 1. The molecule has 0 aliphatic heterocycles. The van der Waals surface area contributed by atoms with Gasteiger partial charge >= 0.3 is 0 Å². The first-order valence-corrected chi connectivity index (χ1v) is 7.14. The van der Waals surface area contributed by atoms with Crippen LogP contribution in [0.25, 0.3) is 0 Å². The van der Waals surface area contributed by atoms with Crippen molar-refractivity contribution in [1.29, 1.82) is 0 Å². The Hall–Kier alpha value is -2.34. The SMILES string of the molecule is CCc1cc(C#Cc2cc(F)c(N=C=S)c(F)c2)ccc1C. The Morgan fingerprint density at radius 2 is 1.68 bits per heavy atom. The first-order valence-electron chi connectivity index (χ1n) is 6.73. The van der Waals surface area contributed by atoms with Gasteiger partial charge in [0.25, 0.3) is 0 Å². The molecule has 2 rings (SSSR count). The normalized spacial score (nSPS) is 9.64. The molecule has 0 aromatic heterocycles. The first kappa shape index (κ1) is 16.0. The van der Waals surface area contributed by atoms with Crippen LogP contribution in [0.2, 0.25) is 0 Å². The molecule has 2 aromatic carbocycles. The number of halogens is 2. The van der Waals surface area contributed by atoms with E-state index in [-0.39, 0.29) is 5.56 Å². The van der Waals surface area contributed by atoms with Gasteiger partial charge in [0.1, 0.15) is 5.69 Å². The monoisotopic (exact) mass is 313 g/mol. The molecule has 0 atom stereocenters. The Bertz CT molecular complexity index is 802. The maximum absolute atomic E-state index is 13.7. The van der Waals surface area contributed by atoms with Crippen LogP contribution in [0.5, 0.6) is 0 Å². The highest BCUT2D eigenvalue weighted by atomic mass is 32.1. The van der Waals surface area contributed by atoms with Gasteiger partial charge in [0.15, 0.2) is 11.6 Å². The van der Waals surface area contributed by atoms with E-state index in [1.807, 2.05) is 30.3 Å². The minimum Gasteiger partial charge on any atom is -0.204 e. The van der Waals surface area contributed by atoms with Gasteiger partial charge in [0.05, 0.1) is 5.16 Å². The van der Waals surface area contributed by atoms with Crippen molar-refractivity contribution in [3.8, 4) is 11.8 Å². The molecule has 0 saturated heterocycles. The van der Waals surface area contributed by atoms with E-state index in [0.717, 1.165) is 24.1 Å². The molecular formula is C18H13F2NS. The maximum atomic E-state index is 13.7. The summed E-state index contributed by atoms with van der Waals surface area (Å²) < 4.78 is 27.4. The van der Waals surface area contributed by atoms with E-state index in [9.17, 15) is 8.78 Å². The average molecular weight is 313 g/mol. The molecule has 0 amide bonds. The number of hydrogen-bond acceptors (Lipinski definition) is 2. The van der Waals surface area contributed by atoms with E-state index in [1.165, 1.54) is 11.1 Å². The second-order valence-corrected chi connectivity index (χ2v) is 4.92. The van der Waals surface area contributed by atoms with Crippen LogP contribution in [0.3, 0.4) is 0 Å². The molecule has 0 saturated carbocycles. The molecule has 110 valence electrons. The molecule has 1 nitrogen and oxygen atoms in total. The fourth-order valence-electron chi connectivity index (χ4n) is 2.06. The molecule has 2 aromatic rings. The third-order valence-corrected chi connectivity index (χ3v) is 3.35. The van der Waals surface area contributed by atoms with Crippen molar-refractivity contribution in [2.75, 3.05) is 0 Å². The van der Waals surface area contributed by atoms with E-state index >= 15 is 0 Å². The smallest absolute Gasteiger partial charge is 0.153 e. The summed E-state index contributed by atoms with van der Waals surface area (Å²) in [6.07, 6.45) is 0.912. The van der Waals surface area contributed by atoms with E-state index in [1.54, 1.807) is 0 Å². The van der Waals surface area contributed by atoms with Crippen molar-refractivity contribution in [3.63, 3.8) is 0 Å². The summed E-state index contributed by atoms with van der Waals surface area (Å²) in [4.78, 5) is 3.36. The zero-order valence-corrected chi connectivity index (χ0v) is 13.0. The summed E-state index contributed by atoms with van der Waals surface area (Å²) in [6, 6.07) is 8.13. The third kappa shape index (κ3) is 3.65. The molecule has 4 heteroatoms. The van der Waals surface area contributed by atoms with E-state index < -0.39 is 17.3 Å². The molecule has 0 unspecified atom stereocenters. The zero-order chi connectivity index (χ0) is 16.1. The number of hydrogen-bond donors (Lipinski definition) is 0. The van der Waals surface area contributed by atoms with Gasteiger partial charge in [-0.15, -0.1) is 0 Å². The van der Waals surface area contributed by atoms with Gasteiger partial charge in [-0.3, -0.25) is 0 Å². The van der Waals surface area contributed by atoms with Crippen molar-refractivity contribution < 1.29 is 8.78 Å². The number of isothiocyanates is 1. The highest BCUT2D eigenvalue weighted by Gasteiger charge is 2.09. The summed E-state index contributed by atoms with van der Waals surface area (Å²) in [5, 5.41) is 1.95. The Kier molecular flexibility index (Phi) is 5.16. The van der Waals surface area contributed by atoms with Crippen LogP contribution >= 0.6 is 12.2 Å². The lowest BCUT2D eigenvalue weighted by atomic mass is 10.0. The molecule has 0 fully saturated rings. The standard InChI is InChI=1S/C18H13F2NS/c1-3-15-8-13(5-4-12(15)2)6-7-14-9-16(19)18(21-11-22)17(20)10-14/h4-5,8-10H,3H2,1-2H3. The lowest BCUT2D eigenvalue weighted by Crippen LogP contribution is -1.88. The second-order valence-electron chi connectivity index (χ2n) is 4.74. The summed E-state index contributed by atoms with van der Waals surface area (Å²) >= 11 is 4.36. The second kappa shape index (κ2) is 7.09. The van der Waals surface area contributed by atoms with Crippen molar-refractivity contribution >= 4 is 23.1 Å². The Balaban J connectivity index is 2.38. The van der Waals surface area contributed by atoms with E-state index in [0.29, 0.717) is 0 Å². The Morgan fingerprint density at radius 3 is 2.27 bits per heavy atom. The molecule has 0 N–H and O–H groups in total. The fourth-order valence-corrected chi connectivity index (χ4v) is 2.16. The van der Waals surface area contributed by atoms with Crippen molar-refractivity contribution in [2.45, 2.75) is 20.3 Å². The third-order valence-electron chi connectivity index (χ3n) is 3.26. The van der Waals surface area contributed by atoms with Crippen LogP contribution in [0.15, 0.2) is 35.3 Å². The van der Waals surface area contributed by atoms with Crippen LogP contribution in [0.4, 0.5) is 14.5 Å². The van der Waals surface area contributed by atoms with Crippen molar-refractivity contribution in [2.24, 2.45) is 4.99 Å². The van der Waals surface area contributed by atoms with Gasteiger partial charge in [-0.1, -0.05) is 24.8 Å². The highest BCUT2D eigenvalue weighted by Crippen LogP contribution is 2.23. The van der Waals surface area contributed by atoms with Gasteiger partial charge in [-0.2, -0.15) is 4.99 Å². The quantitative estimate of drug-likeness (QED) is 0.433. The minimum atomic E-state index is -0.806. The summed E-state index contributed by atoms with van der Waals surface area (Å²) in [7, 11) is 0. The van der Waals surface area contributed by atoms with Crippen molar-refractivity contribution in [3.05, 3.63) is 64.2 Å². The Labute approximate surface area is 133 Å². The van der Waals surface area contributed by atoms with Gasteiger partial charge in [-0.05, 0) is 61.0 Å². The Morgan fingerprint density at radius 1 is 1.05 bits per heavy atom. The molecule has 22 heavy (non-hydrogen) atoms. The molecular weight excluding hydrogens is 300 g/mol. The molecule has 0 bridgehead atoms. The van der Waals surface area contributed by atoms with Crippen LogP contribution < -0.4 is 0 Å². The van der Waals surface area contributed by atoms with Gasteiger partial charge in [0.2, 0.25) is 0 Å². The number of nitrogens with zero attached hydrogens (tertiary/aromatic N) is 1. The number of aliphatic imine (C=N–C) groups is 1. The zero-order valence-electron chi connectivity index (χ0n) is 12.2. The number of benzene rings is 2. The summed E-state index contributed by atoms with van der Waals surface area (Å²) in [5.41, 5.74) is 3.02. The van der Waals surface area contributed by atoms with Gasteiger partial charge in [-0.25, -0.2) is 8.78 Å². The van der Waals surface area contributed by atoms with Gasteiger partial charge < -0.3 is 0 Å². The minimum absolute atomic E-state index is 0.247. The highest BCUT2D eigenvalue weighted by molar-refractivity contribution is 7.78. The average Bonchev–Trinajstić information content (AvgIpc) is 2.50. The van der Waals surface area contributed by atoms with Gasteiger partial charge in [0, 0.05) is 11.1 Å². The molecule has 0 aliphatic carbocycles. The number of rotatable bonds is 2. The predicted molar refractivity (Wildman–Crippen MR) is 87.6 cm³/mol. The maximum Gasteiger partial charge on any atom is 0.153 e. The van der Waals surface area contributed by atoms with Crippen LogP contribution in [-0.4, -0.2) is 5.16 Å². The summed E-state index contributed by atoms with van der Waals surface area (Å²) in [5.74, 6) is 4.07. The van der Waals surface area contributed by atoms with Crippen molar-refractivity contribution in [1.82, 2.24) is 0 Å². The van der Waals surface area contributed by atoms with E-state index in [2.05, 4.69) is 36.0 Å².